The Morgan fingerprint density at radius 1 is 0.942 bits per heavy atom. The van der Waals surface area contributed by atoms with Crippen LogP contribution in [-0.2, 0) is 34.0 Å². The summed E-state index contributed by atoms with van der Waals surface area (Å²) in [6.45, 7) is 4.77. The van der Waals surface area contributed by atoms with E-state index in [1.54, 1.807) is 0 Å². The lowest BCUT2D eigenvalue weighted by Gasteiger charge is -2.34. The van der Waals surface area contributed by atoms with Crippen LogP contribution in [0.25, 0.3) is 0 Å². The zero-order valence-electron chi connectivity index (χ0n) is 29.6. The second kappa shape index (κ2) is 17.5. The lowest BCUT2D eigenvalue weighted by Crippen LogP contribution is -2.61. The van der Waals surface area contributed by atoms with Gasteiger partial charge in [0.25, 0.3) is 11.8 Å². The van der Waals surface area contributed by atoms with Gasteiger partial charge in [-0.2, -0.15) is 0 Å². The zero-order valence-corrected chi connectivity index (χ0v) is 30.4. The van der Waals surface area contributed by atoms with Gasteiger partial charge in [-0.15, -0.1) is 0 Å². The van der Waals surface area contributed by atoms with Crippen LogP contribution >= 0.6 is 0 Å². The lowest BCUT2D eigenvalue weighted by molar-refractivity contribution is -0.144. The summed E-state index contributed by atoms with van der Waals surface area (Å²) in [5.74, 6) is -4.60. The number of nitrogens with one attached hydrogen (secondary N) is 5. The van der Waals surface area contributed by atoms with E-state index in [1.807, 2.05) is 6.92 Å². The van der Waals surface area contributed by atoms with Gasteiger partial charge in [0.05, 0.1) is 12.2 Å². The predicted octanol–water partition coefficient (Wildman–Crippen LogP) is 0.463. The van der Waals surface area contributed by atoms with Crippen LogP contribution in [-0.4, -0.2) is 102 Å². The Hall–Kier alpha value is -4.25. The maximum absolute atomic E-state index is 14.5. The molecular weight excluding hydrogens is 692 g/mol. The van der Waals surface area contributed by atoms with Gasteiger partial charge in [0.15, 0.2) is 0 Å². The Morgan fingerprint density at radius 2 is 1.69 bits per heavy atom. The molecule has 5 N–H and O–H groups in total. The number of carbonyl (C=O) groups excluding carboxylic acids is 6. The van der Waals surface area contributed by atoms with Crippen molar-refractivity contribution in [1.82, 2.24) is 40.9 Å². The quantitative estimate of drug-likeness (QED) is 0.139. The van der Waals surface area contributed by atoms with Crippen molar-refractivity contribution in [3.8, 4) is 0 Å². The minimum absolute atomic E-state index is 0.00446. The molecule has 284 valence electrons. The SMILES string of the molecule is C=CS(=O)(=O)NC[C@H](NC(=O)[C@@H](NC(=O)c1cnccn1)C1CCCCC1)C(=O)N1C[C@@H]2CCC[C@@H]2[C@H]1C(=O)N[C@@H](CCC)C(=O)C(=O)NC1CC1. The number of aromatic nitrogens is 2. The number of hydrogen-bond donors (Lipinski definition) is 5. The van der Waals surface area contributed by atoms with E-state index in [9.17, 15) is 37.2 Å². The van der Waals surface area contributed by atoms with Crippen LogP contribution in [0.3, 0.4) is 0 Å². The number of nitrogens with zero attached hydrogens (tertiary/aromatic N) is 3. The minimum Gasteiger partial charge on any atom is -0.347 e. The summed E-state index contributed by atoms with van der Waals surface area (Å²) < 4.78 is 27.2. The monoisotopic (exact) mass is 742 g/mol. The highest BCUT2D eigenvalue weighted by Crippen LogP contribution is 2.42. The van der Waals surface area contributed by atoms with Crippen LogP contribution in [0, 0.1) is 17.8 Å². The maximum atomic E-state index is 14.5. The number of Topliss-reactive ketones (excluding diaryl/α,β-unsaturated/α-hetero) is 1. The Balaban J connectivity index is 1.39. The number of sulfonamides is 1. The largest absolute Gasteiger partial charge is 0.347 e. The highest BCUT2D eigenvalue weighted by Gasteiger charge is 2.51. The highest BCUT2D eigenvalue weighted by molar-refractivity contribution is 7.92. The Kier molecular flexibility index (Phi) is 13.1. The van der Waals surface area contributed by atoms with Crippen molar-refractivity contribution in [2.24, 2.45) is 17.8 Å². The average molecular weight is 743 g/mol. The third-order valence-corrected chi connectivity index (χ3v) is 11.6. The first kappa shape index (κ1) is 39.0. The molecule has 1 saturated heterocycles. The van der Waals surface area contributed by atoms with E-state index in [2.05, 4.69) is 42.5 Å². The van der Waals surface area contributed by atoms with E-state index in [0.29, 0.717) is 31.1 Å². The summed E-state index contributed by atoms with van der Waals surface area (Å²) in [6, 6.07) is -4.67. The fourth-order valence-electron chi connectivity index (χ4n) is 7.74. The van der Waals surface area contributed by atoms with Gasteiger partial charge < -0.3 is 26.2 Å². The molecule has 52 heavy (non-hydrogen) atoms. The van der Waals surface area contributed by atoms with Crippen molar-refractivity contribution < 1.29 is 37.2 Å². The average Bonchev–Trinajstić information content (AvgIpc) is 3.72. The molecule has 1 aromatic heterocycles. The van der Waals surface area contributed by atoms with Gasteiger partial charge in [-0.25, -0.2) is 18.1 Å². The van der Waals surface area contributed by atoms with Crippen LogP contribution < -0.4 is 26.0 Å². The number of likely N-dealkylation sites (tertiary alicyclic amines) is 1. The summed E-state index contributed by atoms with van der Waals surface area (Å²) in [7, 11) is -4.04. The Bertz CT molecular complexity index is 1620. The molecule has 1 aromatic rings. The van der Waals surface area contributed by atoms with E-state index in [-0.39, 0.29) is 42.5 Å². The third kappa shape index (κ3) is 9.79. The summed E-state index contributed by atoms with van der Waals surface area (Å²) in [5.41, 5.74) is 0.00446. The number of fused-ring (bicyclic) bond motifs is 1. The second-order valence-corrected chi connectivity index (χ2v) is 16.0. The number of rotatable bonds is 17. The van der Waals surface area contributed by atoms with Crippen LogP contribution in [0.2, 0.25) is 0 Å². The summed E-state index contributed by atoms with van der Waals surface area (Å²) in [6.07, 6.45) is 12.6. The normalized spacial score (nSPS) is 23.4. The zero-order chi connectivity index (χ0) is 37.4. The molecule has 0 aromatic carbocycles. The molecule has 0 radical (unpaired) electrons. The molecule has 0 spiro atoms. The second-order valence-electron chi connectivity index (χ2n) is 14.3. The van der Waals surface area contributed by atoms with E-state index in [0.717, 1.165) is 44.9 Å². The van der Waals surface area contributed by atoms with Gasteiger partial charge in [-0.05, 0) is 62.7 Å². The molecule has 3 aliphatic carbocycles. The molecular formula is C35H50N8O8S. The molecule has 17 heteroatoms. The van der Waals surface area contributed by atoms with E-state index < -0.39 is 76.1 Å². The van der Waals surface area contributed by atoms with Crippen LogP contribution in [0.15, 0.2) is 30.6 Å². The molecule has 4 fully saturated rings. The first-order valence-electron chi connectivity index (χ1n) is 18.4. The van der Waals surface area contributed by atoms with Crippen molar-refractivity contribution in [3.05, 3.63) is 36.3 Å². The van der Waals surface area contributed by atoms with Gasteiger partial charge in [0.2, 0.25) is 33.5 Å². The van der Waals surface area contributed by atoms with E-state index >= 15 is 0 Å². The number of amides is 5. The summed E-state index contributed by atoms with van der Waals surface area (Å²) >= 11 is 0. The number of carbonyl (C=O) groups is 6. The van der Waals surface area contributed by atoms with Crippen LogP contribution in [0.4, 0.5) is 0 Å². The topological polar surface area (TPSA) is 226 Å². The van der Waals surface area contributed by atoms with Crippen molar-refractivity contribution in [3.63, 3.8) is 0 Å². The molecule has 0 unspecified atom stereocenters. The Labute approximate surface area is 304 Å². The fourth-order valence-corrected chi connectivity index (χ4v) is 8.26. The molecule has 5 amide bonds. The van der Waals surface area contributed by atoms with Crippen molar-refractivity contribution in [2.45, 2.75) is 114 Å². The smallest absolute Gasteiger partial charge is 0.289 e. The first-order valence-corrected chi connectivity index (χ1v) is 19.9. The minimum atomic E-state index is -4.04. The molecule has 5 rings (SSSR count). The summed E-state index contributed by atoms with van der Waals surface area (Å²) in [5, 5.41) is 11.6. The molecule has 3 saturated carbocycles. The first-order chi connectivity index (χ1) is 24.9. The third-order valence-electron chi connectivity index (χ3n) is 10.6. The molecule has 1 aliphatic heterocycles. The fraction of sp³-hybridized carbons (Fsp3) is 0.657. The van der Waals surface area contributed by atoms with Gasteiger partial charge in [0, 0.05) is 36.9 Å². The molecule has 4 aliphatic rings. The standard InChI is InChI=1S/C35H50N8O8S/c1-3-9-25(30(44)34(48)39-23-14-15-23)40-33(47)29-24-13-8-12-22(24)20-43(29)35(49)27(19-38-52(50,51)4-2)41-32(46)28(21-10-6-5-7-11-21)42-31(45)26-18-36-16-17-37-26/h4,16-18,21-25,27-29,38H,2-3,5-15,19-20H2,1H3,(H,39,48)(H,40,47)(H,41,46)(H,42,45)/t22-,24-,25-,27-,28-,29-/m0/s1. The highest BCUT2D eigenvalue weighted by atomic mass is 32.2. The molecule has 0 bridgehead atoms. The van der Waals surface area contributed by atoms with Crippen LogP contribution in [0.1, 0.15) is 94.5 Å². The lowest BCUT2D eigenvalue weighted by atomic mass is 9.83. The number of hydrogen-bond acceptors (Lipinski definition) is 10. The van der Waals surface area contributed by atoms with Crippen molar-refractivity contribution in [2.75, 3.05) is 13.1 Å². The molecule has 6 atom stereocenters. The Morgan fingerprint density at radius 3 is 2.35 bits per heavy atom. The van der Waals surface area contributed by atoms with Gasteiger partial charge >= 0.3 is 0 Å². The summed E-state index contributed by atoms with van der Waals surface area (Å²) in [4.78, 5) is 90.9. The van der Waals surface area contributed by atoms with E-state index in [4.69, 9.17) is 0 Å². The van der Waals surface area contributed by atoms with E-state index in [1.165, 1.54) is 23.5 Å². The maximum Gasteiger partial charge on any atom is 0.289 e. The molecule has 2 heterocycles. The molecule has 16 nitrogen and oxygen atoms in total. The predicted molar refractivity (Wildman–Crippen MR) is 188 cm³/mol. The van der Waals surface area contributed by atoms with Crippen molar-refractivity contribution >= 4 is 45.3 Å². The van der Waals surface area contributed by atoms with Gasteiger partial charge in [-0.1, -0.05) is 45.6 Å². The number of ketones is 1. The van der Waals surface area contributed by atoms with Crippen molar-refractivity contribution in [1.29, 1.82) is 0 Å². The van der Waals surface area contributed by atoms with Gasteiger partial charge in [-0.3, -0.25) is 33.8 Å². The van der Waals surface area contributed by atoms with Gasteiger partial charge in [0.1, 0.15) is 23.8 Å². The van der Waals surface area contributed by atoms with Crippen LogP contribution in [0.5, 0.6) is 0 Å².